The summed E-state index contributed by atoms with van der Waals surface area (Å²) in [6.45, 7) is 4.19. The predicted octanol–water partition coefficient (Wildman–Crippen LogP) is -1.80. The summed E-state index contributed by atoms with van der Waals surface area (Å²) in [5, 5.41) is 32.0. The van der Waals surface area contributed by atoms with Crippen molar-refractivity contribution < 1.29 is 20.1 Å². The summed E-state index contributed by atoms with van der Waals surface area (Å²) in [5.74, 6) is 0. The molecule has 0 aromatic carbocycles. The van der Waals surface area contributed by atoms with Gasteiger partial charge >= 0.3 is 5.69 Å². The Kier molecular flexibility index (Phi) is 6.08. The molecular formula is C15H23N3O6. The van der Waals surface area contributed by atoms with Crippen molar-refractivity contribution in [2.24, 2.45) is 0 Å². The molecular weight excluding hydrogens is 318 g/mol. The van der Waals surface area contributed by atoms with Gasteiger partial charge in [0, 0.05) is 24.8 Å². The number of aliphatic hydroxyl groups is 3. The number of ether oxygens (including phenoxy) is 1. The highest BCUT2D eigenvalue weighted by atomic mass is 16.6. The fourth-order valence-electron chi connectivity index (χ4n) is 2.44. The van der Waals surface area contributed by atoms with Gasteiger partial charge in [0.25, 0.3) is 5.56 Å². The van der Waals surface area contributed by atoms with E-state index in [0.29, 0.717) is 6.54 Å². The topological polar surface area (TPSA) is 137 Å². The number of aromatic nitrogens is 2. The molecule has 1 unspecified atom stereocenters. The third-order valence-corrected chi connectivity index (χ3v) is 3.80. The second-order valence-corrected chi connectivity index (χ2v) is 5.96. The zero-order valence-electron chi connectivity index (χ0n) is 13.6. The summed E-state index contributed by atoms with van der Waals surface area (Å²) in [6, 6.07) is 0. The second-order valence-electron chi connectivity index (χ2n) is 5.96. The molecule has 1 aliphatic heterocycles. The van der Waals surface area contributed by atoms with E-state index in [9.17, 15) is 19.8 Å². The van der Waals surface area contributed by atoms with Crippen molar-refractivity contribution in [3.63, 3.8) is 0 Å². The maximum atomic E-state index is 12.0. The average molecular weight is 341 g/mol. The number of aliphatic hydroxyl groups excluding tert-OH is 3. The molecule has 1 fully saturated rings. The van der Waals surface area contributed by atoms with E-state index in [1.807, 2.05) is 19.9 Å². The van der Waals surface area contributed by atoms with Gasteiger partial charge in [-0.1, -0.05) is 11.6 Å². The van der Waals surface area contributed by atoms with Gasteiger partial charge in [-0.3, -0.25) is 14.3 Å². The molecule has 0 spiro atoms. The van der Waals surface area contributed by atoms with Crippen LogP contribution in [0.2, 0.25) is 0 Å². The molecule has 1 aliphatic rings. The van der Waals surface area contributed by atoms with Crippen LogP contribution in [-0.4, -0.2) is 56.3 Å². The smallest absolute Gasteiger partial charge is 0.330 e. The molecule has 9 heteroatoms. The van der Waals surface area contributed by atoms with Crippen LogP contribution >= 0.6 is 0 Å². The summed E-state index contributed by atoms with van der Waals surface area (Å²) in [7, 11) is 0. The summed E-state index contributed by atoms with van der Waals surface area (Å²) in [6.07, 6.45) is -1.65. The van der Waals surface area contributed by atoms with Gasteiger partial charge in [0.15, 0.2) is 6.23 Å². The van der Waals surface area contributed by atoms with Gasteiger partial charge in [0.2, 0.25) is 0 Å². The normalized spacial score (nSPS) is 26.5. The van der Waals surface area contributed by atoms with E-state index in [4.69, 9.17) is 9.84 Å². The van der Waals surface area contributed by atoms with Crippen LogP contribution in [0.3, 0.4) is 0 Å². The van der Waals surface area contributed by atoms with E-state index >= 15 is 0 Å². The molecule has 4 atom stereocenters. The van der Waals surface area contributed by atoms with Crippen molar-refractivity contribution in [3.8, 4) is 0 Å². The van der Waals surface area contributed by atoms with E-state index in [1.54, 1.807) is 0 Å². The molecule has 1 aromatic heterocycles. The van der Waals surface area contributed by atoms with Gasteiger partial charge in [-0.05, 0) is 13.8 Å². The van der Waals surface area contributed by atoms with Gasteiger partial charge in [0.1, 0.15) is 18.3 Å². The molecule has 24 heavy (non-hydrogen) atoms. The summed E-state index contributed by atoms with van der Waals surface area (Å²) in [4.78, 5) is 26.0. The molecule has 1 aromatic rings. The number of nitrogens with one attached hydrogen (secondary N) is 2. The zero-order valence-corrected chi connectivity index (χ0v) is 13.6. The van der Waals surface area contributed by atoms with Gasteiger partial charge in [-0.15, -0.1) is 0 Å². The molecule has 2 rings (SSSR count). The lowest BCUT2D eigenvalue weighted by atomic mass is 10.1. The largest absolute Gasteiger partial charge is 0.394 e. The number of hydrogen-bond donors (Lipinski definition) is 5. The maximum Gasteiger partial charge on any atom is 0.330 e. The summed E-state index contributed by atoms with van der Waals surface area (Å²) < 4.78 is 6.33. The third kappa shape index (κ3) is 4.00. The van der Waals surface area contributed by atoms with Crippen LogP contribution in [0.5, 0.6) is 0 Å². The molecule has 1 saturated heterocycles. The van der Waals surface area contributed by atoms with Crippen molar-refractivity contribution in [2.75, 3.05) is 13.2 Å². The molecule has 0 aliphatic carbocycles. The lowest BCUT2D eigenvalue weighted by Gasteiger charge is -2.18. The number of H-pyrrole nitrogens is 1. The fraction of sp³-hybridized carbons (Fsp3) is 0.600. The molecule has 0 radical (unpaired) electrons. The number of rotatable bonds is 6. The maximum absolute atomic E-state index is 12.0. The lowest BCUT2D eigenvalue weighted by Crippen LogP contribution is -2.39. The SMILES string of the molecule is CC(C)=CCNCc1cn([C@@H]2O[C@H](CO)C(O)[C@@H]2O)c(=O)[nH]c1=O. The average Bonchev–Trinajstić information content (AvgIpc) is 2.81. The highest BCUT2D eigenvalue weighted by molar-refractivity contribution is 5.06. The lowest BCUT2D eigenvalue weighted by molar-refractivity contribution is -0.0551. The molecule has 9 nitrogen and oxygen atoms in total. The number of allylic oxidation sites excluding steroid dienone is 1. The van der Waals surface area contributed by atoms with Crippen LogP contribution < -0.4 is 16.6 Å². The number of hydrogen-bond acceptors (Lipinski definition) is 7. The predicted molar refractivity (Wildman–Crippen MR) is 85.5 cm³/mol. The van der Waals surface area contributed by atoms with E-state index in [-0.39, 0.29) is 12.1 Å². The van der Waals surface area contributed by atoms with Crippen LogP contribution in [0.25, 0.3) is 0 Å². The molecule has 0 amide bonds. The highest BCUT2D eigenvalue weighted by Gasteiger charge is 2.43. The zero-order chi connectivity index (χ0) is 17.9. The Balaban J connectivity index is 2.22. The van der Waals surface area contributed by atoms with Crippen LogP contribution in [0.4, 0.5) is 0 Å². The number of nitrogens with zero attached hydrogens (tertiary/aromatic N) is 1. The first-order valence-corrected chi connectivity index (χ1v) is 7.66. The molecule has 2 heterocycles. The minimum Gasteiger partial charge on any atom is -0.394 e. The molecule has 5 N–H and O–H groups in total. The van der Waals surface area contributed by atoms with Crippen molar-refractivity contribution in [1.82, 2.24) is 14.9 Å². The Morgan fingerprint density at radius 3 is 2.67 bits per heavy atom. The monoisotopic (exact) mass is 341 g/mol. The minimum atomic E-state index is -1.39. The van der Waals surface area contributed by atoms with Crippen molar-refractivity contribution >= 4 is 0 Å². The Morgan fingerprint density at radius 2 is 2.08 bits per heavy atom. The van der Waals surface area contributed by atoms with E-state index in [1.165, 1.54) is 6.20 Å². The quantitative estimate of drug-likeness (QED) is 0.304. The molecule has 134 valence electrons. The van der Waals surface area contributed by atoms with E-state index < -0.39 is 42.4 Å². The van der Waals surface area contributed by atoms with Gasteiger partial charge < -0.3 is 25.4 Å². The van der Waals surface area contributed by atoms with Crippen molar-refractivity contribution in [3.05, 3.63) is 44.2 Å². The van der Waals surface area contributed by atoms with Crippen LogP contribution in [0.1, 0.15) is 25.6 Å². The highest BCUT2D eigenvalue weighted by Crippen LogP contribution is 2.27. The molecule has 0 saturated carbocycles. The van der Waals surface area contributed by atoms with Gasteiger partial charge in [-0.2, -0.15) is 0 Å². The summed E-state index contributed by atoms with van der Waals surface area (Å²) >= 11 is 0. The fourth-order valence-corrected chi connectivity index (χ4v) is 2.44. The Morgan fingerprint density at radius 1 is 1.38 bits per heavy atom. The van der Waals surface area contributed by atoms with Gasteiger partial charge in [0.05, 0.1) is 6.61 Å². The third-order valence-electron chi connectivity index (χ3n) is 3.80. The van der Waals surface area contributed by atoms with Gasteiger partial charge in [-0.25, -0.2) is 4.79 Å². The minimum absolute atomic E-state index is 0.216. The van der Waals surface area contributed by atoms with Crippen molar-refractivity contribution in [2.45, 2.75) is 44.9 Å². The Hall–Kier alpha value is -1.78. The molecule has 0 bridgehead atoms. The first kappa shape index (κ1) is 18.6. The van der Waals surface area contributed by atoms with Crippen LogP contribution in [0.15, 0.2) is 27.4 Å². The Labute approximate surface area is 138 Å². The van der Waals surface area contributed by atoms with Crippen molar-refractivity contribution in [1.29, 1.82) is 0 Å². The number of aromatic amines is 1. The van der Waals surface area contributed by atoms with E-state index in [2.05, 4.69) is 10.3 Å². The first-order valence-electron chi connectivity index (χ1n) is 7.66. The Bertz CT molecular complexity index is 706. The van der Waals surface area contributed by atoms with E-state index in [0.717, 1.165) is 10.1 Å². The first-order chi connectivity index (χ1) is 11.3. The second kappa shape index (κ2) is 7.86. The standard InChI is InChI=1S/C15H23N3O6/c1-8(2)3-4-16-5-9-6-18(15(23)17-13(9)22)14-12(21)11(20)10(7-19)24-14/h3,6,10-12,14,16,19-21H,4-5,7H2,1-2H3,(H,17,22,23)/t10-,11?,12+,14-/m1/s1. The van der Waals surface area contributed by atoms with Crippen LogP contribution in [-0.2, 0) is 11.3 Å². The van der Waals surface area contributed by atoms with Crippen LogP contribution in [0, 0.1) is 0 Å². The summed E-state index contributed by atoms with van der Waals surface area (Å²) in [5.41, 5.74) is 0.123.